The number of nitrogens with zero attached hydrogens (tertiary/aromatic N) is 5. The molecule has 4 aromatic rings. The minimum atomic E-state index is -0.217. The van der Waals surface area contributed by atoms with Crippen molar-refractivity contribution in [2.45, 2.75) is 20.0 Å². The normalized spacial score (nSPS) is 10.9. The van der Waals surface area contributed by atoms with Crippen LogP contribution in [0.25, 0.3) is 11.3 Å². The first-order valence-electron chi connectivity index (χ1n) is 8.78. The van der Waals surface area contributed by atoms with Gasteiger partial charge in [0.2, 0.25) is 0 Å². The van der Waals surface area contributed by atoms with Gasteiger partial charge in [0, 0.05) is 29.9 Å². The number of thiazole rings is 1. The lowest BCUT2D eigenvalue weighted by Crippen LogP contribution is -2.31. The van der Waals surface area contributed by atoms with Gasteiger partial charge in [-0.05, 0) is 13.0 Å². The molecule has 0 spiro atoms. The van der Waals surface area contributed by atoms with Crippen LogP contribution in [0.2, 0.25) is 0 Å². The summed E-state index contributed by atoms with van der Waals surface area (Å²) in [5, 5.41) is 7.24. The number of carbonyl (C=O) groups is 1. The molecule has 0 aliphatic rings. The van der Waals surface area contributed by atoms with Crippen molar-refractivity contribution in [3.8, 4) is 11.3 Å². The molecule has 0 bridgehead atoms. The predicted molar refractivity (Wildman–Crippen MR) is 106 cm³/mol. The third-order valence-corrected chi connectivity index (χ3v) is 5.18. The fraction of sp³-hybridized carbons (Fsp3) is 0.200. The molecule has 28 heavy (non-hydrogen) atoms. The van der Waals surface area contributed by atoms with E-state index >= 15 is 0 Å². The van der Waals surface area contributed by atoms with Crippen molar-refractivity contribution < 1.29 is 9.21 Å². The average molecular weight is 393 g/mol. The minimum Gasteiger partial charge on any atom is -0.443 e. The number of hydrogen-bond donors (Lipinski definition) is 0. The molecular weight excluding hydrogens is 374 g/mol. The van der Waals surface area contributed by atoms with Crippen LogP contribution in [0.15, 0.2) is 58.8 Å². The molecule has 3 aromatic heterocycles. The van der Waals surface area contributed by atoms with E-state index in [1.807, 2.05) is 55.7 Å². The fourth-order valence-corrected chi connectivity index (χ4v) is 3.58. The second kappa shape index (κ2) is 7.77. The highest BCUT2D eigenvalue weighted by atomic mass is 32.1. The predicted octanol–water partition coefficient (Wildman–Crippen LogP) is 3.68. The van der Waals surface area contributed by atoms with Gasteiger partial charge in [0.25, 0.3) is 5.91 Å². The van der Waals surface area contributed by atoms with E-state index < -0.39 is 0 Å². The summed E-state index contributed by atoms with van der Waals surface area (Å²) < 4.78 is 7.34. The Kier molecular flexibility index (Phi) is 5.03. The van der Waals surface area contributed by atoms with E-state index in [1.54, 1.807) is 15.8 Å². The zero-order valence-electron chi connectivity index (χ0n) is 15.6. The van der Waals surface area contributed by atoms with E-state index in [2.05, 4.69) is 15.1 Å². The number of benzene rings is 1. The molecule has 0 N–H and O–H groups in total. The van der Waals surface area contributed by atoms with E-state index in [0.717, 1.165) is 22.0 Å². The standard InChI is InChI=1S/C20H19N5O2S/c1-14-10-16(23-24(14)2)11-25(12-17-21-8-9-28-17)20(26)18-19(27-13-22-18)15-6-4-3-5-7-15/h3-10,13H,11-12H2,1-2H3. The molecule has 0 aliphatic heterocycles. The second-order valence-electron chi connectivity index (χ2n) is 6.38. The molecular formula is C20H19N5O2S. The fourth-order valence-electron chi connectivity index (χ4n) is 2.94. The van der Waals surface area contributed by atoms with Crippen molar-refractivity contribution in [1.82, 2.24) is 24.6 Å². The maximum absolute atomic E-state index is 13.4. The molecule has 3 heterocycles. The van der Waals surface area contributed by atoms with E-state index in [1.165, 1.54) is 17.7 Å². The van der Waals surface area contributed by atoms with Crippen molar-refractivity contribution in [1.29, 1.82) is 0 Å². The molecule has 7 nitrogen and oxygen atoms in total. The lowest BCUT2D eigenvalue weighted by Gasteiger charge is -2.20. The van der Waals surface area contributed by atoms with Crippen LogP contribution in [-0.4, -0.2) is 30.6 Å². The van der Waals surface area contributed by atoms with Crippen molar-refractivity contribution in [2.24, 2.45) is 7.05 Å². The maximum atomic E-state index is 13.4. The highest BCUT2D eigenvalue weighted by molar-refractivity contribution is 7.09. The van der Waals surface area contributed by atoms with Crippen LogP contribution < -0.4 is 0 Å². The smallest absolute Gasteiger partial charge is 0.277 e. The zero-order valence-corrected chi connectivity index (χ0v) is 16.4. The van der Waals surface area contributed by atoms with Gasteiger partial charge in [-0.2, -0.15) is 5.10 Å². The Labute approximate surface area is 166 Å². The van der Waals surface area contributed by atoms with Crippen LogP contribution in [0.4, 0.5) is 0 Å². The van der Waals surface area contributed by atoms with Crippen LogP contribution in [0.1, 0.15) is 26.9 Å². The quantitative estimate of drug-likeness (QED) is 0.499. The first-order chi connectivity index (χ1) is 13.6. The molecule has 1 aromatic carbocycles. The summed E-state index contributed by atoms with van der Waals surface area (Å²) in [5.74, 6) is 0.248. The van der Waals surface area contributed by atoms with E-state index in [9.17, 15) is 4.79 Å². The summed E-state index contributed by atoms with van der Waals surface area (Å²) in [5.41, 5.74) is 2.94. The van der Waals surface area contributed by atoms with Crippen LogP contribution in [0, 0.1) is 6.92 Å². The summed E-state index contributed by atoms with van der Waals surface area (Å²) in [6.07, 6.45) is 3.04. The molecule has 0 fully saturated rings. The Balaban J connectivity index is 1.66. The summed E-state index contributed by atoms with van der Waals surface area (Å²) in [6.45, 7) is 2.73. The van der Waals surface area contributed by atoms with Crippen LogP contribution in [-0.2, 0) is 20.1 Å². The van der Waals surface area contributed by atoms with Crippen LogP contribution in [0.5, 0.6) is 0 Å². The van der Waals surface area contributed by atoms with Crippen molar-refractivity contribution in [3.63, 3.8) is 0 Å². The largest absolute Gasteiger partial charge is 0.443 e. The molecule has 0 unspecified atom stereocenters. The summed E-state index contributed by atoms with van der Waals surface area (Å²) in [7, 11) is 1.89. The molecule has 0 saturated heterocycles. The number of rotatable bonds is 6. The van der Waals surface area contributed by atoms with Gasteiger partial charge in [-0.15, -0.1) is 11.3 Å². The monoisotopic (exact) mass is 393 g/mol. The lowest BCUT2D eigenvalue weighted by atomic mass is 10.1. The first-order valence-corrected chi connectivity index (χ1v) is 9.66. The van der Waals surface area contributed by atoms with Gasteiger partial charge in [0.05, 0.1) is 18.8 Å². The third-order valence-electron chi connectivity index (χ3n) is 4.42. The highest BCUT2D eigenvalue weighted by Crippen LogP contribution is 2.25. The first kappa shape index (κ1) is 18.1. The van der Waals surface area contributed by atoms with E-state index in [4.69, 9.17) is 4.42 Å². The molecule has 0 radical (unpaired) electrons. The van der Waals surface area contributed by atoms with Crippen molar-refractivity contribution in [2.75, 3.05) is 0 Å². The van der Waals surface area contributed by atoms with Crippen LogP contribution >= 0.6 is 11.3 Å². The molecule has 4 rings (SSSR count). The SMILES string of the molecule is Cc1cc(CN(Cc2nccs2)C(=O)c2ncoc2-c2ccccc2)nn1C. The topological polar surface area (TPSA) is 77.1 Å². The second-order valence-corrected chi connectivity index (χ2v) is 7.36. The number of hydrogen-bond acceptors (Lipinski definition) is 6. The number of carbonyl (C=O) groups excluding carboxylic acids is 1. The summed E-state index contributed by atoms with van der Waals surface area (Å²) in [4.78, 5) is 23.6. The Hall–Kier alpha value is -3.26. The lowest BCUT2D eigenvalue weighted by molar-refractivity contribution is 0.0722. The summed E-state index contributed by atoms with van der Waals surface area (Å²) in [6, 6.07) is 11.5. The van der Waals surface area contributed by atoms with Gasteiger partial charge in [-0.25, -0.2) is 9.97 Å². The number of oxazole rings is 1. The van der Waals surface area contributed by atoms with Crippen molar-refractivity contribution in [3.05, 3.63) is 76.5 Å². The maximum Gasteiger partial charge on any atom is 0.277 e. The molecule has 1 amide bonds. The van der Waals surface area contributed by atoms with Gasteiger partial charge in [0.1, 0.15) is 5.01 Å². The molecule has 0 atom stereocenters. The number of aryl methyl sites for hydroxylation is 2. The van der Waals surface area contributed by atoms with Gasteiger partial charge in [0.15, 0.2) is 17.8 Å². The molecule has 142 valence electrons. The van der Waals surface area contributed by atoms with Crippen molar-refractivity contribution >= 4 is 17.2 Å². The average Bonchev–Trinajstić information content (AvgIpc) is 3.44. The minimum absolute atomic E-state index is 0.217. The molecule has 0 aliphatic carbocycles. The van der Waals surface area contributed by atoms with Crippen LogP contribution in [0.3, 0.4) is 0 Å². The van der Waals surface area contributed by atoms with Gasteiger partial charge in [-0.1, -0.05) is 30.3 Å². The van der Waals surface area contributed by atoms with Gasteiger partial charge < -0.3 is 9.32 Å². The Morgan fingerprint density at radius 1 is 1.21 bits per heavy atom. The number of amides is 1. The van der Waals surface area contributed by atoms with Gasteiger partial charge in [-0.3, -0.25) is 9.48 Å². The number of aromatic nitrogens is 4. The third kappa shape index (κ3) is 3.72. The highest BCUT2D eigenvalue weighted by Gasteiger charge is 2.25. The molecule has 8 heteroatoms. The Morgan fingerprint density at radius 2 is 2.04 bits per heavy atom. The summed E-state index contributed by atoms with van der Waals surface area (Å²) >= 11 is 1.51. The van der Waals surface area contributed by atoms with E-state index in [0.29, 0.717) is 18.8 Å². The Bertz CT molecular complexity index is 1050. The van der Waals surface area contributed by atoms with Gasteiger partial charge >= 0.3 is 0 Å². The zero-order chi connectivity index (χ0) is 19.5. The molecule has 0 saturated carbocycles. The Morgan fingerprint density at radius 3 is 2.71 bits per heavy atom. The van der Waals surface area contributed by atoms with E-state index in [-0.39, 0.29) is 11.6 Å².